The predicted molar refractivity (Wildman–Crippen MR) is 124 cm³/mol. The lowest BCUT2D eigenvalue weighted by molar-refractivity contribution is -0.122. The van der Waals surface area contributed by atoms with E-state index in [2.05, 4.69) is 4.99 Å². The van der Waals surface area contributed by atoms with Crippen molar-refractivity contribution in [1.82, 2.24) is 4.90 Å². The molecule has 0 spiro atoms. The Hall–Kier alpha value is -2.44. The van der Waals surface area contributed by atoms with Gasteiger partial charge in [-0.05, 0) is 74.0 Å². The Labute approximate surface area is 186 Å². The zero-order valence-electron chi connectivity index (χ0n) is 17.4. The second kappa shape index (κ2) is 10.5. The Morgan fingerprint density at radius 1 is 1.07 bits per heavy atom. The number of nitrogens with zero attached hydrogens (tertiary/aromatic N) is 2. The SMILES string of the molecule is CCN=C1SC(=Cc2ccc(OCc3ccc(Cl)cc3)c(OCC)c2)C(=O)N1CC. The van der Waals surface area contributed by atoms with Crippen molar-refractivity contribution >= 4 is 40.5 Å². The molecule has 1 aliphatic heterocycles. The van der Waals surface area contributed by atoms with E-state index in [9.17, 15) is 4.79 Å². The van der Waals surface area contributed by atoms with Crippen LogP contribution in [0.1, 0.15) is 31.9 Å². The number of ether oxygens (including phenoxy) is 2. The fourth-order valence-electron chi connectivity index (χ4n) is 2.94. The van der Waals surface area contributed by atoms with Gasteiger partial charge in [0.15, 0.2) is 16.7 Å². The van der Waals surface area contributed by atoms with E-state index in [-0.39, 0.29) is 5.91 Å². The van der Waals surface area contributed by atoms with Crippen LogP contribution >= 0.6 is 23.4 Å². The number of aliphatic imine (C=N–C) groups is 1. The summed E-state index contributed by atoms with van der Waals surface area (Å²) in [6, 6.07) is 13.2. The summed E-state index contributed by atoms with van der Waals surface area (Å²) in [5.74, 6) is 1.28. The van der Waals surface area contributed by atoms with Crippen LogP contribution in [0, 0.1) is 0 Å². The highest BCUT2D eigenvalue weighted by atomic mass is 35.5. The maximum absolute atomic E-state index is 12.7. The molecule has 1 heterocycles. The summed E-state index contributed by atoms with van der Waals surface area (Å²) >= 11 is 7.34. The van der Waals surface area contributed by atoms with E-state index in [0.29, 0.717) is 47.7 Å². The summed E-state index contributed by atoms with van der Waals surface area (Å²) in [7, 11) is 0. The summed E-state index contributed by atoms with van der Waals surface area (Å²) in [5.41, 5.74) is 1.89. The average Bonchev–Trinajstić information content (AvgIpc) is 3.03. The molecule has 0 bridgehead atoms. The third-order valence-electron chi connectivity index (χ3n) is 4.37. The standard InChI is InChI=1S/C23H25ClN2O3S/c1-4-25-23-26(5-2)22(27)21(30-23)14-17-9-12-19(20(13-17)28-6-3)29-15-16-7-10-18(24)11-8-16/h7-14H,4-6,15H2,1-3H3. The molecule has 2 aromatic carbocycles. The van der Waals surface area contributed by atoms with Crippen LogP contribution in [0.5, 0.6) is 11.5 Å². The van der Waals surface area contributed by atoms with Gasteiger partial charge in [-0.15, -0.1) is 0 Å². The normalized spacial score (nSPS) is 16.5. The third-order valence-corrected chi connectivity index (χ3v) is 5.67. The van der Waals surface area contributed by atoms with Gasteiger partial charge in [-0.3, -0.25) is 14.7 Å². The van der Waals surface area contributed by atoms with Crippen molar-refractivity contribution in [2.75, 3.05) is 19.7 Å². The largest absolute Gasteiger partial charge is 0.490 e. The van der Waals surface area contributed by atoms with Crippen molar-refractivity contribution < 1.29 is 14.3 Å². The number of carbonyl (C=O) groups excluding carboxylic acids is 1. The van der Waals surface area contributed by atoms with E-state index >= 15 is 0 Å². The van der Waals surface area contributed by atoms with Crippen molar-refractivity contribution in [3.05, 3.63) is 63.5 Å². The molecule has 0 aromatic heterocycles. The van der Waals surface area contributed by atoms with Gasteiger partial charge >= 0.3 is 0 Å². The Morgan fingerprint density at radius 2 is 1.83 bits per heavy atom. The molecule has 30 heavy (non-hydrogen) atoms. The molecule has 0 aliphatic carbocycles. The van der Waals surface area contributed by atoms with Crippen LogP contribution in [0.2, 0.25) is 5.02 Å². The highest BCUT2D eigenvalue weighted by molar-refractivity contribution is 8.18. The van der Waals surface area contributed by atoms with Gasteiger partial charge < -0.3 is 9.47 Å². The lowest BCUT2D eigenvalue weighted by Gasteiger charge is -2.13. The summed E-state index contributed by atoms with van der Waals surface area (Å²) in [6.07, 6.45) is 1.87. The number of thioether (sulfide) groups is 1. The molecule has 0 atom stereocenters. The van der Waals surface area contributed by atoms with E-state index in [1.165, 1.54) is 11.8 Å². The summed E-state index contributed by atoms with van der Waals surface area (Å²) < 4.78 is 11.7. The molecule has 3 rings (SSSR count). The lowest BCUT2D eigenvalue weighted by atomic mass is 10.1. The molecule has 5 nitrogen and oxygen atoms in total. The lowest BCUT2D eigenvalue weighted by Crippen LogP contribution is -2.28. The Morgan fingerprint density at radius 3 is 2.50 bits per heavy atom. The molecule has 0 radical (unpaired) electrons. The fourth-order valence-corrected chi connectivity index (χ4v) is 4.17. The minimum Gasteiger partial charge on any atom is -0.490 e. The number of hydrogen-bond donors (Lipinski definition) is 0. The molecule has 0 N–H and O–H groups in total. The van der Waals surface area contributed by atoms with Crippen molar-refractivity contribution in [2.24, 2.45) is 4.99 Å². The maximum Gasteiger partial charge on any atom is 0.266 e. The number of hydrogen-bond acceptors (Lipinski definition) is 5. The molecule has 1 aliphatic rings. The van der Waals surface area contributed by atoms with Gasteiger partial charge in [0.2, 0.25) is 0 Å². The van der Waals surface area contributed by atoms with Gasteiger partial charge in [-0.25, -0.2) is 0 Å². The summed E-state index contributed by atoms with van der Waals surface area (Å²) in [5, 5.41) is 1.45. The molecule has 0 saturated carbocycles. The van der Waals surface area contributed by atoms with Crippen molar-refractivity contribution in [3.8, 4) is 11.5 Å². The number of likely N-dealkylation sites (N-methyl/N-ethyl adjacent to an activating group) is 1. The number of amidine groups is 1. The van der Waals surface area contributed by atoms with Crippen LogP contribution in [0.15, 0.2) is 52.4 Å². The molecule has 2 aromatic rings. The predicted octanol–water partition coefficient (Wildman–Crippen LogP) is 5.63. The molecule has 1 fully saturated rings. The second-order valence-electron chi connectivity index (χ2n) is 6.47. The number of amides is 1. The Kier molecular flexibility index (Phi) is 7.82. The van der Waals surface area contributed by atoms with Crippen LogP contribution in [0.3, 0.4) is 0 Å². The van der Waals surface area contributed by atoms with Gasteiger partial charge in [0.25, 0.3) is 5.91 Å². The van der Waals surface area contributed by atoms with E-state index < -0.39 is 0 Å². The molecule has 1 amide bonds. The van der Waals surface area contributed by atoms with Crippen molar-refractivity contribution in [3.63, 3.8) is 0 Å². The zero-order valence-corrected chi connectivity index (χ0v) is 18.9. The van der Waals surface area contributed by atoms with Crippen LogP contribution in [-0.4, -0.2) is 35.7 Å². The highest BCUT2D eigenvalue weighted by Crippen LogP contribution is 2.35. The van der Waals surface area contributed by atoms with Crippen LogP contribution in [0.25, 0.3) is 6.08 Å². The topological polar surface area (TPSA) is 51.1 Å². The Bertz CT molecular complexity index is 957. The van der Waals surface area contributed by atoms with Crippen LogP contribution in [-0.2, 0) is 11.4 Å². The van der Waals surface area contributed by atoms with Gasteiger partial charge in [0.1, 0.15) is 6.61 Å². The first-order valence-electron chi connectivity index (χ1n) is 9.95. The summed E-state index contributed by atoms with van der Waals surface area (Å²) in [6.45, 7) is 8.02. The smallest absolute Gasteiger partial charge is 0.266 e. The summed E-state index contributed by atoms with van der Waals surface area (Å²) in [4.78, 5) is 19.5. The molecular formula is C23H25ClN2O3S. The van der Waals surface area contributed by atoms with Gasteiger partial charge in [0.05, 0.1) is 11.5 Å². The average molecular weight is 445 g/mol. The van der Waals surface area contributed by atoms with E-state index in [0.717, 1.165) is 16.3 Å². The first kappa shape index (κ1) is 22.2. The van der Waals surface area contributed by atoms with E-state index in [4.69, 9.17) is 21.1 Å². The minimum atomic E-state index is -0.0178. The van der Waals surface area contributed by atoms with Crippen LogP contribution in [0.4, 0.5) is 0 Å². The molecule has 7 heteroatoms. The van der Waals surface area contributed by atoms with Crippen molar-refractivity contribution in [1.29, 1.82) is 0 Å². The Balaban J connectivity index is 1.80. The van der Waals surface area contributed by atoms with Crippen molar-refractivity contribution in [2.45, 2.75) is 27.4 Å². The van der Waals surface area contributed by atoms with Gasteiger partial charge in [-0.1, -0.05) is 29.8 Å². The number of benzene rings is 2. The van der Waals surface area contributed by atoms with Gasteiger partial charge in [0, 0.05) is 18.1 Å². The molecular weight excluding hydrogens is 420 g/mol. The first-order valence-corrected chi connectivity index (χ1v) is 11.1. The second-order valence-corrected chi connectivity index (χ2v) is 7.92. The van der Waals surface area contributed by atoms with E-state index in [1.54, 1.807) is 4.90 Å². The molecule has 1 saturated heterocycles. The fraction of sp³-hybridized carbons (Fsp3) is 0.304. The molecule has 0 unspecified atom stereocenters. The highest BCUT2D eigenvalue weighted by Gasteiger charge is 2.31. The first-order chi connectivity index (χ1) is 14.5. The quantitative estimate of drug-likeness (QED) is 0.495. The van der Waals surface area contributed by atoms with E-state index in [1.807, 2.05) is 69.3 Å². The molecule has 158 valence electrons. The van der Waals surface area contributed by atoms with Gasteiger partial charge in [-0.2, -0.15) is 0 Å². The third kappa shape index (κ3) is 5.37. The van der Waals surface area contributed by atoms with Crippen LogP contribution < -0.4 is 9.47 Å². The monoisotopic (exact) mass is 444 g/mol. The zero-order chi connectivity index (χ0) is 21.5. The maximum atomic E-state index is 12.7. The number of rotatable bonds is 8. The number of halogens is 1. The number of carbonyl (C=O) groups is 1. The minimum absolute atomic E-state index is 0.0178.